The lowest BCUT2D eigenvalue weighted by Gasteiger charge is -2.29. The van der Waals surface area contributed by atoms with Crippen LogP contribution in [-0.4, -0.2) is 76.4 Å². The summed E-state index contributed by atoms with van der Waals surface area (Å²) in [6.07, 6.45) is 3.47. The fourth-order valence-electron chi connectivity index (χ4n) is 5.12. The Bertz CT molecular complexity index is 1280. The molecule has 1 fully saturated rings. The monoisotopic (exact) mass is 495 g/mol. The molecule has 0 radical (unpaired) electrons. The van der Waals surface area contributed by atoms with E-state index in [1.807, 2.05) is 11.8 Å². The van der Waals surface area contributed by atoms with E-state index in [1.165, 1.54) is 31.9 Å². The molecule has 190 valence electrons. The van der Waals surface area contributed by atoms with Crippen molar-refractivity contribution in [3.8, 4) is 0 Å². The van der Waals surface area contributed by atoms with Gasteiger partial charge >= 0.3 is 0 Å². The number of fused-ring (bicyclic) bond motifs is 2. The van der Waals surface area contributed by atoms with E-state index in [0.29, 0.717) is 42.0 Å². The molecular weight excluding hydrogens is 465 g/mol. The highest BCUT2D eigenvalue weighted by Gasteiger charge is 2.31. The Balaban J connectivity index is 1.40. The van der Waals surface area contributed by atoms with Gasteiger partial charge in [0.05, 0.1) is 22.5 Å². The van der Waals surface area contributed by atoms with Crippen LogP contribution in [0.2, 0.25) is 0 Å². The van der Waals surface area contributed by atoms with Crippen LogP contribution in [0.25, 0.3) is 11.6 Å². The van der Waals surface area contributed by atoms with Gasteiger partial charge < -0.3 is 30.5 Å². The largest absolute Gasteiger partial charge is 0.384 e. The fourth-order valence-corrected chi connectivity index (χ4v) is 5.12. The summed E-state index contributed by atoms with van der Waals surface area (Å²) in [4.78, 5) is 45.4. The molecule has 1 aromatic carbocycles. The molecule has 0 saturated carbocycles. The summed E-state index contributed by atoms with van der Waals surface area (Å²) in [5, 5.41) is 14.4. The summed E-state index contributed by atoms with van der Waals surface area (Å²) in [7, 11) is 0. The Morgan fingerprint density at radius 2 is 1.97 bits per heavy atom. The van der Waals surface area contributed by atoms with Gasteiger partial charge in [0.15, 0.2) is 0 Å². The number of aromatic amines is 1. The smallest absolute Gasteiger partial charge is 0.256 e. The maximum atomic E-state index is 14.7. The van der Waals surface area contributed by atoms with Crippen molar-refractivity contribution in [3.05, 3.63) is 46.0 Å². The van der Waals surface area contributed by atoms with E-state index in [2.05, 4.69) is 20.5 Å². The maximum Gasteiger partial charge on any atom is 0.256 e. The van der Waals surface area contributed by atoms with Gasteiger partial charge in [0.1, 0.15) is 11.9 Å². The summed E-state index contributed by atoms with van der Waals surface area (Å²) in [6.45, 7) is 7.53. The molecule has 2 aromatic rings. The molecule has 9 nitrogen and oxygen atoms in total. The number of carbonyl (C=O) groups is 3. The number of anilines is 2. The average molecular weight is 496 g/mol. The van der Waals surface area contributed by atoms with Crippen molar-refractivity contribution >= 4 is 40.7 Å². The number of H-pyrrole nitrogens is 1. The first kappa shape index (κ1) is 24.2. The molecule has 36 heavy (non-hydrogen) atoms. The Morgan fingerprint density at radius 3 is 2.69 bits per heavy atom. The zero-order valence-corrected chi connectivity index (χ0v) is 20.4. The number of likely N-dealkylation sites (tertiary alicyclic amines) is 1. The van der Waals surface area contributed by atoms with Gasteiger partial charge in [-0.1, -0.05) is 0 Å². The van der Waals surface area contributed by atoms with Crippen molar-refractivity contribution < 1.29 is 23.9 Å². The van der Waals surface area contributed by atoms with Gasteiger partial charge in [-0.15, -0.1) is 0 Å². The summed E-state index contributed by atoms with van der Waals surface area (Å²) < 4.78 is 14.7. The Kier molecular flexibility index (Phi) is 6.40. The molecule has 0 unspecified atom stereocenters. The van der Waals surface area contributed by atoms with Crippen molar-refractivity contribution in [3.63, 3.8) is 0 Å². The third kappa shape index (κ3) is 4.42. The van der Waals surface area contributed by atoms with Gasteiger partial charge in [0.2, 0.25) is 0 Å². The van der Waals surface area contributed by atoms with E-state index < -0.39 is 23.7 Å². The molecule has 5 rings (SSSR count). The third-order valence-electron chi connectivity index (χ3n) is 7.20. The molecule has 3 aliphatic heterocycles. The normalized spacial score (nSPS) is 19.4. The second-order valence-corrected chi connectivity index (χ2v) is 9.66. The van der Waals surface area contributed by atoms with Gasteiger partial charge in [-0.05, 0) is 63.6 Å². The van der Waals surface area contributed by atoms with Crippen molar-refractivity contribution in [2.45, 2.75) is 39.2 Å². The molecule has 0 spiro atoms. The van der Waals surface area contributed by atoms with Crippen molar-refractivity contribution in [2.75, 3.05) is 43.4 Å². The molecule has 1 atom stereocenters. The van der Waals surface area contributed by atoms with E-state index in [9.17, 15) is 23.9 Å². The Labute approximate surface area is 208 Å². The quantitative estimate of drug-likeness (QED) is 0.459. The van der Waals surface area contributed by atoms with Gasteiger partial charge in [-0.2, -0.15) is 0 Å². The average Bonchev–Trinajstić information content (AvgIpc) is 3.53. The molecule has 0 aliphatic carbocycles. The number of nitrogens with zero attached hydrogens (tertiary/aromatic N) is 2. The van der Waals surface area contributed by atoms with Crippen LogP contribution in [0, 0.1) is 12.7 Å². The van der Waals surface area contributed by atoms with Crippen molar-refractivity contribution in [1.82, 2.24) is 14.8 Å². The number of carbonyl (C=O) groups excluding carboxylic acids is 3. The highest BCUT2D eigenvalue weighted by molar-refractivity contribution is 6.35. The highest BCUT2D eigenvalue weighted by Crippen LogP contribution is 2.37. The lowest BCUT2D eigenvalue weighted by Crippen LogP contribution is -2.42. The van der Waals surface area contributed by atoms with E-state index in [0.717, 1.165) is 30.9 Å². The van der Waals surface area contributed by atoms with Crippen molar-refractivity contribution in [1.29, 1.82) is 0 Å². The predicted octanol–water partition coefficient (Wildman–Crippen LogP) is 2.37. The van der Waals surface area contributed by atoms with Crippen LogP contribution < -0.4 is 10.6 Å². The molecule has 1 aromatic heterocycles. The minimum Gasteiger partial charge on any atom is -0.384 e. The molecule has 1 saturated heterocycles. The number of aliphatic hydroxyl groups excluding tert-OH is 1. The molecule has 4 heterocycles. The number of rotatable bonds is 6. The first-order valence-electron chi connectivity index (χ1n) is 12.3. The molecule has 3 aliphatic rings. The number of halogens is 1. The van der Waals surface area contributed by atoms with Crippen molar-refractivity contribution in [2.24, 2.45) is 0 Å². The highest BCUT2D eigenvalue weighted by atomic mass is 19.1. The van der Waals surface area contributed by atoms with E-state index in [4.69, 9.17) is 0 Å². The number of hydrogen-bond acceptors (Lipinski definition) is 5. The van der Waals surface area contributed by atoms with Crippen LogP contribution in [0.4, 0.5) is 15.8 Å². The lowest BCUT2D eigenvalue weighted by molar-refractivity contribution is -0.123. The van der Waals surface area contributed by atoms with Crippen LogP contribution in [0.5, 0.6) is 0 Å². The zero-order chi connectivity index (χ0) is 25.6. The maximum absolute atomic E-state index is 14.7. The summed E-state index contributed by atoms with van der Waals surface area (Å²) in [5.41, 5.74) is 3.74. The number of benzene rings is 1. The zero-order valence-electron chi connectivity index (χ0n) is 20.4. The van der Waals surface area contributed by atoms with Gasteiger partial charge in [-0.3, -0.25) is 14.4 Å². The summed E-state index contributed by atoms with van der Waals surface area (Å²) >= 11 is 0. The molecule has 10 heteroatoms. The minimum atomic E-state index is -1.30. The van der Waals surface area contributed by atoms with Gasteiger partial charge in [0, 0.05) is 43.0 Å². The van der Waals surface area contributed by atoms with E-state index >= 15 is 0 Å². The van der Waals surface area contributed by atoms with Gasteiger partial charge in [0.25, 0.3) is 17.7 Å². The second kappa shape index (κ2) is 9.51. The minimum absolute atomic E-state index is 0.00494. The number of aromatic nitrogens is 1. The number of hydrogen-bond donors (Lipinski definition) is 4. The van der Waals surface area contributed by atoms with Crippen LogP contribution in [-0.2, 0) is 16.0 Å². The topological polar surface area (TPSA) is 118 Å². The first-order valence-corrected chi connectivity index (χ1v) is 12.3. The molecular formula is C26H30FN5O4. The van der Waals surface area contributed by atoms with Crippen LogP contribution in [0.15, 0.2) is 12.1 Å². The standard InChI is InChI=1S/C26H30FN5O4/c1-14-20(28-19-5-8-32(26(36)23(14)19)10-9-31-6-3-4-7-31)12-17-16-11-18(27)22(30-24(34)15(2)33)13-21(16)29-25(17)35/h11-13,15,28,33H,3-10H2,1-2H3,(H,29,35)(H,30,34)/t15-/m0/s1. The summed E-state index contributed by atoms with van der Waals surface area (Å²) in [6, 6.07) is 2.51. The Hall–Kier alpha value is -3.50. The van der Waals surface area contributed by atoms with E-state index in [-0.39, 0.29) is 17.2 Å². The van der Waals surface area contributed by atoms with Crippen LogP contribution >= 0.6 is 0 Å². The number of nitrogens with one attached hydrogen (secondary N) is 3. The fraction of sp³-hybridized carbons (Fsp3) is 0.423. The second-order valence-electron chi connectivity index (χ2n) is 9.66. The molecule has 3 amide bonds. The number of aliphatic hydroxyl groups is 1. The van der Waals surface area contributed by atoms with Crippen LogP contribution in [0.1, 0.15) is 52.6 Å². The molecule has 4 N–H and O–H groups in total. The first-order chi connectivity index (χ1) is 17.2. The third-order valence-corrected chi connectivity index (χ3v) is 7.20. The molecule has 0 bridgehead atoms. The lowest BCUT2D eigenvalue weighted by atomic mass is 10.0. The predicted molar refractivity (Wildman–Crippen MR) is 134 cm³/mol. The van der Waals surface area contributed by atoms with E-state index in [1.54, 1.807) is 6.08 Å². The Morgan fingerprint density at radius 1 is 1.22 bits per heavy atom. The number of amides is 3. The summed E-state index contributed by atoms with van der Waals surface area (Å²) in [5.74, 6) is -1.89. The SMILES string of the molecule is Cc1c(C=C2C(=O)Nc3cc(NC(=O)[C@H](C)O)c(F)cc32)[nH]c2c1C(=O)N(CCN1CCCC1)CC2. The van der Waals surface area contributed by atoms with Gasteiger partial charge in [-0.25, -0.2) is 4.39 Å². The van der Waals surface area contributed by atoms with Crippen LogP contribution in [0.3, 0.4) is 0 Å².